The Morgan fingerprint density at radius 3 is 2.50 bits per heavy atom. The van der Waals surface area contributed by atoms with Crippen LogP contribution in [0.3, 0.4) is 0 Å². The molecule has 0 aromatic heterocycles. The lowest BCUT2D eigenvalue weighted by atomic mass is 10.2. The minimum absolute atomic E-state index is 0.348. The van der Waals surface area contributed by atoms with Crippen molar-refractivity contribution in [3.05, 3.63) is 11.8 Å². The van der Waals surface area contributed by atoms with Gasteiger partial charge in [-0.15, -0.1) is 0 Å². The average molecular weight is 172 g/mol. The van der Waals surface area contributed by atoms with Crippen LogP contribution in [0.1, 0.15) is 6.42 Å². The molecule has 0 fully saturated rings. The number of esters is 1. The summed E-state index contributed by atoms with van der Waals surface area (Å²) >= 11 is 0. The number of nitrogens with two attached hydrogens (primary N) is 1. The number of rotatable bonds is 4. The first-order valence-electron chi connectivity index (χ1n) is 3.75. The highest BCUT2D eigenvalue weighted by Gasteiger charge is 2.08. The van der Waals surface area contributed by atoms with Gasteiger partial charge in [0.05, 0.1) is 12.7 Å². The molecule has 0 atom stereocenters. The molecule has 0 aromatic rings. The van der Waals surface area contributed by atoms with Gasteiger partial charge in [-0.05, 0) is 20.5 Å². The Balaban J connectivity index is 3.94. The van der Waals surface area contributed by atoms with Crippen LogP contribution >= 0.6 is 0 Å². The number of methoxy groups -OCH3 is 1. The molecule has 0 saturated heterocycles. The van der Waals surface area contributed by atoms with Crippen LogP contribution in [-0.4, -0.2) is 38.6 Å². The van der Waals surface area contributed by atoms with Crippen LogP contribution in [0, 0.1) is 0 Å². The number of nitrogens with zero attached hydrogens (tertiary/aromatic N) is 1. The number of ether oxygens (including phenoxy) is 1. The molecule has 12 heavy (non-hydrogen) atoms. The summed E-state index contributed by atoms with van der Waals surface area (Å²) in [6.45, 7) is 0.790. The van der Waals surface area contributed by atoms with E-state index in [0.717, 1.165) is 6.54 Å². The van der Waals surface area contributed by atoms with Crippen LogP contribution in [0.4, 0.5) is 0 Å². The third kappa shape index (κ3) is 3.98. The first kappa shape index (κ1) is 11.0. The minimum Gasteiger partial charge on any atom is -0.466 e. The quantitative estimate of drug-likeness (QED) is 0.477. The van der Waals surface area contributed by atoms with Gasteiger partial charge in [0.2, 0.25) is 0 Å². The first-order chi connectivity index (χ1) is 5.61. The van der Waals surface area contributed by atoms with Gasteiger partial charge < -0.3 is 15.4 Å². The maximum atomic E-state index is 11.0. The van der Waals surface area contributed by atoms with Crippen molar-refractivity contribution in [3.8, 4) is 0 Å². The molecule has 0 aromatic carbocycles. The van der Waals surface area contributed by atoms with Crippen molar-refractivity contribution in [1.82, 2.24) is 4.90 Å². The summed E-state index contributed by atoms with van der Waals surface area (Å²) in [7, 11) is 5.22. The summed E-state index contributed by atoms with van der Waals surface area (Å²) in [4.78, 5) is 12.9. The minimum atomic E-state index is -0.348. The Kier molecular flexibility index (Phi) is 5.12. The summed E-state index contributed by atoms with van der Waals surface area (Å²) in [5.74, 6) is -0.348. The van der Waals surface area contributed by atoms with Crippen LogP contribution in [0.5, 0.6) is 0 Å². The fourth-order valence-electron chi connectivity index (χ4n) is 0.729. The van der Waals surface area contributed by atoms with Gasteiger partial charge in [-0.25, -0.2) is 4.79 Å². The number of carbonyl (C=O) groups excluding carboxylic acids is 1. The molecule has 4 heteroatoms. The second-order valence-corrected chi connectivity index (χ2v) is 2.74. The van der Waals surface area contributed by atoms with Crippen LogP contribution in [0.2, 0.25) is 0 Å². The lowest BCUT2D eigenvalue weighted by molar-refractivity contribution is -0.136. The first-order valence-corrected chi connectivity index (χ1v) is 3.75. The predicted molar refractivity (Wildman–Crippen MR) is 47.5 cm³/mol. The lowest BCUT2D eigenvalue weighted by Crippen LogP contribution is -2.17. The molecular weight excluding hydrogens is 156 g/mol. The molecule has 0 bridgehead atoms. The Labute approximate surface area is 73.0 Å². The highest BCUT2D eigenvalue weighted by atomic mass is 16.5. The van der Waals surface area contributed by atoms with E-state index in [1.165, 1.54) is 13.3 Å². The molecule has 0 unspecified atom stereocenters. The number of carbonyl (C=O) groups is 1. The molecule has 0 aliphatic carbocycles. The molecule has 2 N–H and O–H groups in total. The SMILES string of the molecule is COC(=O)C(=CN)CCN(C)C. The number of hydrogen-bond donors (Lipinski definition) is 1. The van der Waals surface area contributed by atoms with E-state index in [1.807, 2.05) is 19.0 Å². The van der Waals surface area contributed by atoms with E-state index in [4.69, 9.17) is 5.73 Å². The molecule has 0 rings (SSSR count). The van der Waals surface area contributed by atoms with Crippen molar-refractivity contribution < 1.29 is 9.53 Å². The maximum absolute atomic E-state index is 11.0. The molecule has 0 radical (unpaired) electrons. The largest absolute Gasteiger partial charge is 0.466 e. The monoisotopic (exact) mass is 172 g/mol. The summed E-state index contributed by atoms with van der Waals surface area (Å²) in [6.07, 6.45) is 1.92. The molecule has 0 heterocycles. The summed E-state index contributed by atoms with van der Waals surface area (Å²) in [5.41, 5.74) is 5.77. The Bertz CT molecular complexity index is 176. The lowest BCUT2D eigenvalue weighted by Gasteiger charge is -2.09. The average Bonchev–Trinajstić information content (AvgIpc) is 2.04. The zero-order valence-corrected chi connectivity index (χ0v) is 7.83. The van der Waals surface area contributed by atoms with Crippen molar-refractivity contribution in [2.24, 2.45) is 5.73 Å². The normalized spacial score (nSPS) is 11.8. The van der Waals surface area contributed by atoms with Gasteiger partial charge in [0.1, 0.15) is 0 Å². The number of hydrogen-bond acceptors (Lipinski definition) is 4. The smallest absolute Gasteiger partial charge is 0.335 e. The van der Waals surface area contributed by atoms with E-state index >= 15 is 0 Å². The summed E-state index contributed by atoms with van der Waals surface area (Å²) in [5, 5.41) is 0. The summed E-state index contributed by atoms with van der Waals surface area (Å²) in [6, 6.07) is 0. The van der Waals surface area contributed by atoms with Crippen molar-refractivity contribution in [1.29, 1.82) is 0 Å². The molecule has 0 saturated carbocycles. The Morgan fingerprint density at radius 2 is 2.17 bits per heavy atom. The molecule has 0 aliphatic rings. The molecule has 0 aliphatic heterocycles. The van der Waals surface area contributed by atoms with Gasteiger partial charge in [-0.1, -0.05) is 0 Å². The van der Waals surface area contributed by atoms with E-state index < -0.39 is 0 Å². The van der Waals surface area contributed by atoms with Crippen molar-refractivity contribution >= 4 is 5.97 Å². The highest BCUT2D eigenvalue weighted by Crippen LogP contribution is 2.01. The third-order valence-electron chi connectivity index (χ3n) is 1.48. The van der Waals surface area contributed by atoms with E-state index in [9.17, 15) is 4.79 Å². The topological polar surface area (TPSA) is 55.6 Å². The van der Waals surface area contributed by atoms with Crippen molar-refractivity contribution in [2.75, 3.05) is 27.7 Å². The van der Waals surface area contributed by atoms with Gasteiger partial charge in [0.15, 0.2) is 0 Å². The van der Waals surface area contributed by atoms with E-state index in [1.54, 1.807) is 0 Å². The Morgan fingerprint density at radius 1 is 1.58 bits per heavy atom. The highest BCUT2D eigenvalue weighted by molar-refractivity contribution is 5.88. The third-order valence-corrected chi connectivity index (χ3v) is 1.48. The van der Waals surface area contributed by atoms with Crippen LogP contribution in [0.25, 0.3) is 0 Å². The molecule has 0 spiro atoms. The fraction of sp³-hybridized carbons (Fsp3) is 0.625. The van der Waals surface area contributed by atoms with Gasteiger partial charge >= 0.3 is 5.97 Å². The van der Waals surface area contributed by atoms with Gasteiger partial charge in [-0.2, -0.15) is 0 Å². The Hall–Kier alpha value is -1.03. The zero-order valence-electron chi connectivity index (χ0n) is 7.83. The maximum Gasteiger partial charge on any atom is 0.335 e. The van der Waals surface area contributed by atoms with Gasteiger partial charge in [0.25, 0.3) is 0 Å². The molecular formula is C8H16N2O2. The van der Waals surface area contributed by atoms with E-state index in [-0.39, 0.29) is 5.97 Å². The van der Waals surface area contributed by atoms with Gasteiger partial charge in [-0.3, -0.25) is 0 Å². The fourth-order valence-corrected chi connectivity index (χ4v) is 0.729. The van der Waals surface area contributed by atoms with Crippen molar-refractivity contribution in [2.45, 2.75) is 6.42 Å². The second kappa shape index (κ2) is 5.60. The second-order valence-electron chi connectivity index (χ2n) is 2.74. The zero-order chi connectivity index (χ0) is 9.56. The van der Waals surface area contributed by atoms with Crippen molar-refractivity contribution in [3.63, 3.8) is 0 Å². The van der Waals surface area contributed by atoms with E-state index in [0.29, 0.717) is 12.0 Å². The molecule has 70 valence electrons. The molecule has 4 nitrogen and oxygen atoms in total. The van der Waals surface area contributed by atoms with Crippen LogP contribution in [-0.2, 0) is 9.53 Å². The standard InChI is InChI=1S/C8H16N2O2/c1-10(2)5-4-7(6-9)8(11)12-3/h6H,4-5,9H2,1-3H3. The molecule has 0 amide bonds. The predicted octanol–water partition coefficient (Wildman–Crippen LogP) is -0.0463. The summed E-state index contributed by atoms with van der Waals surface area (Å²) < 4.78 is 4.53. The van der Waals surface area contributed by atoms with Crippen LogP contribution < -0.4 is 5.73 Å². The van der Waals surface area contributed by atoms with Crippen LogP contribution in [0.15, 0.2) is 11.8 Å². The van der Waals surface area contributed by atoms with Gasteiger partial charge in [0, 0.05) is 12.7 Å². The van der Waals surface area contributed by atoms with E-state index in [2.05, 4.69) is 4.74 Å².